The van der Waals surface area contributed by atoms with Crippen LogP contribution in [0.15, 0.2) is 105 Å². The van der Waals surface area contributed by atoms with Gasteiger partial charge >= 0.3 is 29.2 Å². The lowest BCUT2D eigenvalue weighted by atomic mass is 9.77. The summed E-state index contributed by atoms with van der Waals surface area (Å²) in [7, 11) is -26.1. The van der Waals surface area contributed by atoms with Crippen molar-refractivity contribution in [3.63, 3.8) is 0 Å². The summed E-state index contributed by atoms with van der Waals surface area (Å²) in [6.07, 6.45) is 5.32. The second kappa shape index (κ2) is 25.9. The molecule has 82 heavy (non-hydrogen) atoms. The zero-order valence-corrected chi connectivity index (χ0v) is 49.0. The number of allylic oxidation sites excluding steroid dienone is 3. The van der Waals surface area contributed by atoms with Crippen molar-refractivity contribution in [2.24, 2.45) is 0 Å². The van der Waals surface area contributed by atoms with Crippen LogP contribution in [0, 0.1) is 18.8 Å². The number of hydrogen-bond acceptors (Lipinski definition) is 18. The lowest BCUT2D eigenvalue weighted by molar-refractivity contribution is -0.121. The summed E-state index contributed by atoms with van der Waals surface area (Å²) >= 11 is 0. The minimum absolute atomic E-state index is 0.0275. The van der Waals surface area contributed by atoms with Gasteiger partial charge in [-0.1, -0.05) is 54.3 Å². The number of fused-ring (bicyclic) bond motifs is 2. The van der Waals surface area contributed by atoms with Crippen molar-refractivity contribution in [3.05, 3.63) is 129 Å². The fraction of sp³-hybridized carbons (Fsp3) is 0.373. The first-order valence-electron chi connectivity index (χ1n) is 25.4. The number of amides is 1. The Morgan fingerprint density at radius 3 is 2.39 bits per heavy atom. The highest BCUT2D eigenvalue weighted by Gasteiger charge is 2.44. The van der Waals surface area contributed by atoms with Gasteiger partial charge in [0.15, 0.2) is 0 Å². The quantitative estimate of drug-likeness (QED) is 0.0183. The zero-order valence-electron chi connectivity index (χ0n) is 44.7. The molecular formula is C51H61N6O20P3S2. The molecule has 2 aromatic carbocycles. The minimum Gasteiger partial charge on any atom is -0.748 e. The Labute approximate surface area is 472 Å². The predicted molar refractivity (Wildman–Crippen MR) is 299 cm³/mol. The highest BCUT2D eigenvalue weighted by molar-refractivity contribution is 7.86. The molecule has 442 valence electrons. The third-order valence-corrected chi connectivity index (χ3v) is 19.0. The van der Waals surface area contributed by atoms with Crippen LogP contribution in [0.1, 0.15) is 87.8 Å². The summed E-state index contributed by atoms with van der Waals surface area (Å²) < 4.78 is 133. The van der Waals surface area contributed by atoms with Gasteiger partial charge in [-0.2, -0.15) is 22.0 Å². The van der Waals surface area contributed by atoms with Gasteiger partial charge in [0.1, 0.15) is 36.7 Å². The number of hydrogen-bond donors (Lipinski definition) is 7. The Kier molecular flexibility index (Phi) is 20.1. The number of benzene rings is 3. The fourth-order valence-corrected chi connectivity index (χ4v) is 13.8. The second-order valence-corrected chi connectivity index (χ2v) is 26.6. The molecule has 0 spiro atoms. The van der Waals surface area contributed by atoms with Crippen LogP contribution in [0.2, 0.25) is 0 Å². The Morgan fingerprint density at radius 1 is 1.00 bits per heavy atom. The molecule has 7 rings (SSSR count). The van der Waals surface area contributed by atoms with Crippen LogP contribution in [-0.2, 0) is 62.0 Å². The van der Waals surface area contributed by atoms with Gasteiger partial charge in [-0.05, 0) is 101 Å². The number of nitrogens with two attached hydrogens (primary N) is 1. The number of anilines is 2. The highest BCUT2D eigenvalue weighted by atomic mass is 32.2. The number of aromatic nitrogens is 2. The average molecular weight is 1240 g/mol. The Morgan fingerprint density at radius 2 is 1.72 bits per heavy atom. The maximum Gasteiger partial charge on any atom is 0.490 e. The van der Waals surface area contributed by atoms with E-state index in [1.165, 1.54) is 24.4 Å². The van der Waals surface area contributed by atoms with Crippen molar-refractivity contribution < 1.29 is 86.3 Å². The van der Waals surface area contributed by atoms with Crippen LogP contribution in [0.3, 0.4) is 0 Å². The smallest absolute Gasteiger partial charge is 0.490 e. The van der Waals surface area contributed by atoms with E-state index >= 15 is 0 Å². The van der Waals surface area contributed by atoms with Crippen molar-refractivity contribution in [2.75, 3.05) is 49.2 Å². The normalized spacial score (nSPS) is 19.4. The lowest BCUT2D eigenvalue weighted by Crippen LogP contribution is -2.31. The van der Waals surface area contributed by atoms with Gasteiger partial charge in [0.25, 0.3) is 10.1 Å². The van der Waals surface area contributed by atoms with Gasteiger partial charge in [0.05, 0.1) is 45.9 Å². The van der Waals surface area contributed by atoms with Crippen LogP contribution in [-0.4, -0.2) is 106 Å². The first-order chi connectivity index (χ1) is 38.4. The number of ether oxygens (including phenoxy) is 1. The number of phosphoric acid groups is 3. The van der Waals surface area contributed by atoms with E-state index in [2.05, 4.69) is 53.7 Å². The van der Waals surface area contributed by atoms with Gasteiger partial charge in [-0.25, -0.2) is 31.5 Å². The first kappa shape index (κ1) is 63.6. The first-order valence-corrected chi connectivity index (χ1v) is 33.0. The maximum atomic E-state index is 13.4. The molecule has 31 heteroatoms. The summed E-state index contributed by atoms with van der Waals surface area (Å²) in [4.78, 5) is 68.2. The largest absolute Gasteiger partial charge is 0.748 e. The van der Waals surface area contributed by atoms with E-state index in [1.54, 1.807) is 0 Å². The van der Waals surface area contributed by atoms with Crippen molar-refractivity contribution in [3.8, 4) is 34.5 Å². The van der Waals surface area contributed by atoms with Gasteiger partial charge in [-0.3, -0.25) is 18.4 Å². The Hall–Kier alpha value is -5.95. The van der Waals surface area contributed by atoms with E-state index < -0.39 is 85.4 Å². The third-order valence-electron chi connectivity index (χ3n) is 13.6. The Bertz CT molecular complexity index is 3850. The molecule has 3 aliphatic heterocycles. The predicted octanol–water partition coefficient (Wildman–Crippen LogP) is 5.53. The standard InChI is InChI=1S/C51H61N6O20P3S2/c1-5-55(6-2)37-20-23-41-40(34(3)48(75-44(41)30-37)35-14-8-7-9-15-35)17-10-18-45-51(4,42-31-39(82(70,71)72)22-24-43(42)56(45)28-13-29-81(67,68)69)26-11-19-46(58)53-27-12-16-36-32-57(50(59)54-49(36)52)47-25-21-38(74-47)33-73-79(63,64)77-80(65,66)76-78(60,61)62/h7-10,14-15,17-18,20,22-24,30-32,38,47H,5-6,11,13,19,21,25-29,33H2,1-4H3,(H8-,52,53,54,58,59,60,61,62,63,64,65,66,67,68,69,70,71,72)/t38-,47+,51?/m0/s1. The van der Waals surface area contributed by atoms with E-state index in [1.807, 2.05) is 85.5 Å². The van der Waals surface area contributed by atoms with Crippen molar-refractivity contribution >= 4 is 67.2 Å². The van der Waals surface area contributed by atoms with E-state index in [9.17, 15) is 59.0 Å². The van der Waals surface area contributed by atoms with Gasteiger partial charge < -0.3 is 49.2 Å². The Balaban J connectivity index is 1.11. The second-order valence-electron chi connectivity index (χ2n) is 19.2. The molecule has 1 amide bonds. The number of carbonyl (C=O) groups is 1. The van der Waals surface area contributed by atoms with Crippen LogP contribution in [0.25, 0.3) is 28.7 Å². The monoisotopic (exact) mass is 1230 g/mol. The highest BCUT2D eigenvalue weighted by Crippen LogP contribution is 2.66. The molecule has 1 saturated heterocycles. The molecule has 0 bridgehead atoms. The van der Waals surface area contributed by atoms with Gasteiger partial charge in [-0.15, -0.1) is 0 Å². The number of phosphoric ester groups is 1. The molecule has 0 radical (unpaired) electrons. The van der Waals surface area contributed by atoms with Gasteiger partial charge in [0.2, 0.25) is 11.3 Å². The van der Waals surface area contributed by atoms with E-state index in [0.29, 0.717) is 28.5 Å². The number of nitrogens with one attached hydrogen (secondary N) is 1. The SMILES string of the molecule is CC[N+](CC)=c1ccc2c(/C=C/C=C3\N(CCCS(=O)(=O)[O-])c4ccc(S(=O)(=O)O)cc4C3(C)CCCC(=O)NCC#Cc3cn([C@H]4CC[C@@H](COP(=O)(O)OP(=O)(O)OP(=O)(O)O)O4)c(=O)nc3N)c(C)c(-c3ccccc3)oc-2c1. The van der Waals surface area contributed by atoms with Crippen molar-refractivity contribution in [1.82, 2.24) is 19.4 Å². The zero-order chi connectivity index (χ0) is 60.0. The van der Waals surface area contributed by atoms with Crippen LogP contribution in [0.5, 0.6) is 0 Å². The molecule has 1 aliphatic carbocycles. The van der Waals surface area contributed by atoms with Crippen LogP contribution >= 0.6 is 23.5 Å². The van der Waals surface area contributed by atoms with E-state index in [0.717, 1.165) is 45.3 Å². The molecular weight excluding hydrogens is 1170 g/mol. The van der Waals surface area contributed by atoms with Gasteiger partial charge in [0, 0.05) is 64.5 Å². The number of rotatable bonds is 23. The lowest BCUT2D eigenvalue weighted by Gasteiger charge is -2.30. The van der Waals surface area contributed by atoms with Crippen LogP contribution < -0.4 is 31.6 Å². The summed E-state index contributed by atoms with van der Waals surface area (Å²) in [5.41, 5.74) is 9.03. The number of carbonyl (C=O) groups excluding carboxylic acids is 1. The third kappa shape index (κ3) is 16.2. The summed E-state index contributed by atoms with van der Waals surface area (Å²) in [6.45, 7) is 8.58. The topological polar surface area (TPSA) is 390 Å². The summed E-state index contributed by atoms with van der Waals surface area (Å²) in [5.74, 6) is 5.42. The molecule has 3 unspecified atom stereocenters. The van der Waals surface area contributed by atoms with Crippen molar-refractivity contribution in [1.29, 1.82) is 0 Å². The van der Waals surface area contributed by atoms with E-state index in [-0.39, 0.29) is 67.9 Å². The number of nitrogen functional groups attached to an aromatic ring is 1. The van der Waals surface area contributed by atoms with Crippen LogP contribution in [0.4, 0.5) is 11.5 Å². The number of nitrogens with zero attached hydrogens (tertiary/aromatic N) is 4. The maximum absolute atomic E-state index is 13.4. The fourth-order valence-electron chi connectivity index (χ4n) is 9.78. The minimum atomic E-state index is -5.75. The molecule has 4 aliphatic rings. The molecule has 4 heterocycles. The molecule has 5 atom stereocenters. The van der Waals surface area contributed by atoms with E-state index in [4.69, 9.17) is 24.7 Å². The summed E-state index contributed by atoms with van der Waals surface area (Å²) in [5, 5.41) is 3.68. The molecule has 1 aromatic heterocycles. The molecule has 3 aromatic rings. The molecule has 8 N–H and O–H groups in total. The molecule has 26 nitrogen and oxygen atoms in total. The molecule has 1 fully saturated rings. The molecule has 0 saturated carbocycles. The van der Waals surface area contributed by atoms with Crippen molar-refractivity contribution in [2.45, 2.75) is 88.9 Å². The average Bonchev–Trinajstić information content (AvgIpc) is 4.16. The summed E-state index contributed by atoms with van der Waals surface area (Å²) in [6, 6.07) is 19.8.